The summed E-state index contributed by atoms with van der Waals surface area (Å²) in [5, 5.41) is 0.822. The smallest absolute Gasteiger partial charge is 0.0409 e. The van der Waals surface area contributed by atoms with Gasteiger partial charge in [0, 0.05) is 18.1 Å². The summed E-state index contributed by atoms with van der Waals surface area (Å²) in [6.07, 6.45) is 2.17. The Hall–Kier alpha value is -1.31. The molecule has 0 bridgehead atoms. The van der Waals surface area contributed by atoms with Crippen LogP contribution in [0.15, 0.2) is 36.4 Å². The summed E-state index contributed by atoms with van der Waals surface area (Å²) in [6.45, 7) is 12.4. The molecule has 0 saturated carbocycles. The number of fused-ring (bicyclic) bond motifs is 1. The molecule has 24 heavy (non-hydrogen) atoms. The molecule has 0 amide bonds. The van der Waals surface area contributed by atoms with Crippen molar-refractivity contribution in [1.29, 1.82) is 0 Å². The molecule has 1 nitrogen and oxygen atoms in total. The molecule has 2 heteroatoms. The fraction of sp³-hybridized carbons (Fsp3) is 0.455. The molecular formula is C22H32ClN. The first-order valence-corrected chi connectivity index (χ1v) is 9.64. The van der Waals surface area contributed by atoms with Crippen LogP contribution in [0, 0.1) is 0 Å². The van der Waals surface area contributed by atoms with Gasteiger partial charge in [-0.1, -0.05) is 64.4 Å². The van der Waals surface area contributed by atoms with Crippen LogP contribution in [0.4, 0.5) is 0 Å². The van der Waals surface area contributed by atoms with E-state index in [1.807, 2.05) is 33.8 Å². The highest BCUT2D eigenvalue weighted by Gasteiger charge is 2.14. The molecule has 2 aromatic rings. The van der Waals surface area contributed by atoms with E-state index in [1.54, 1.807) is 0 Å². The molecule has 0 atom stereocenters. The first kappa shape index (κ1) is 20.7. The van der Waals surface area contributed by atoms with Gasteiger partial charge < -0.3 is 4.90 Å². The Balaban J connectivity index is 0.000000671. The first-order valence-electron chi connectivity index (χ1n) is 9.26. The Bertz CT molecular complexity index is 634. The topological polar surface area (TPSA) is 3.24 Å². The second-order valence-corrected chi connectivity index (χ2v) is 6.06. The van der Waals surface area contributed by atoms with Gasteiger partial charge in [-0.05, 0) is 65.9 Å². The fourth-order valence-corrected chi connectivity index (χ4v) is 3.20. The molecule has 0 unspecified atom stereocenters. The molecule has 0 radical (unpaired) electrons. The van der Waals surface area contributed by atoms with E-state index in [1.165, 1.54) is 27.8 Å². The number of aryl methyl sites for hydroxylation is 1. The highest BCUT2D eigenvalue weighted by Crippen LogP contribution is 2.30. The van der Waals surface area contributed by atoms with E-state index in [0.29, 0.717) is 0 Å². The lowest BCUT2D eigenvalue weighted by Gasteiger charge is -2.25. The van der Waals surface area contributed by atoms with Crippen LogP contribution in [0.1, 0.15) is 51.3 Å². The summed E-state index contributed by atoms with van der Waals surface area (Å²) in [6, 6.07) is 13.1. The predicted octanol–water partition coefficient (Wildman–Crippen LogP) is 6.61. The third kappa shape index (κ3) is 5.09. The fourth-order valence-electron chi connectivity index (χ4n) is 3.00. The maximum Gasteiger partial charge on any atom is 0.0409 e. The van der Waals surface area contributed by atoms with Gasteiger partial charge in [0.05, 0.1) is 0 Å². The highest BCUT2D eigenvalue weighted by atomic mass is 35.5. The molecular weight excluding hydrogens is 314 g/mol. The van der Waals surface area contributed by atoms with E-state index in [4.69, 9.17) is 11.6 Å². The second-order valence-electron chi connectivity index (χ2n) is 5.63. The van der Waals surface area contributed by atoms with Crippen LogP contribution in [0.3, 0.4) is 0 Å². The number of likely N-dealkylation sites (N-methyl/N-ethyl adjacent to an activating group) is 1. The van der Waals surface area contributed by atoms with Crippen molar-refractivity contribution in [3.63, 3.8) is 0 Å². The Morgan fingerprint density at radius 3 is 2.33 bits per heavy atom. The van der Waals surface area contributed by atoms with Gasteiger partial charge in [0.15, 0.2) is 0 Å². The van der Waals surface area contributed by atoms with Crippen molar-refractivity contribution in [3.05, 3.63) is 58.1 Å². The maximum absolute atomic E-state index is 6.11. The predicted molar refractivity (Wildman–Crippen MR) is 109 cm³/mol. The van der Waals surface area contributed by atoms with Crippen molar-refractivity contribution < 1.29 is 0 Å². The van der Waals surface area contributed by atoms with E-state index >= 15 is 0 Å². The third-order valence-electron chi connectivity index (χ3n) is 4.17. The van der Waals surface area contributed by atoms with Crippen LogP contribution in [-0.4, -0.2) is 18.5 Å². The molecule has 3 rings (SSSR count). The van der Waals surface area contributed by atoms with Crippen molar-refractivity contribution in [3.8, 4) is 11.1 Å². The summed E-state index contributed by atoms with van der Waals surface area (Å²) in [5.41, 5.74) is 6.91. The van der Waals surface area contributed by atoms with Gasteiger partial charge in [0.1, 0.15) is 0 Å². The average Bonchev–Trinajstić information content (AvgIpc) is 2.64. The Morgan fingerprint density at radius 1 is 0.958 bits per heavy atom. The van der Waals surface area contributed by atoms with Crippen molar-refractivity contribution >= 4 is 11.6 Å². The molecule has 0 fully saturated rings. The van der Waals surface area contributed by atoms with Crippen LogP contribution in [0.2, 0.25) is 5.02 Å². The quantitative estimate of drug-likeness (QED) is 0.591. The van der Waals surface area contributed by atoms with Crippen LogP contribution >= 0.6 is 11.6 Å². The number of hydrogen-bond donors (Lipinski definition) is 0. The lowest BCUT2D eigenvalue weighted by molar-refractivity contribution is 0.313. The molecule has 1 heterocycles. The molecule has 2 aromatic carbocycles. The maximum atomic E-state index is 6.11. The normalized spacial score (nSPS) is 13.1. The van der Waals surface area contributed by atoms with Gasteiger partial charge >= 0.3 is 0 Å². The SMILES string of the molecule is CC.CC.CCc1cc(Cl)ccc1-c1ccc2c(c1)CN(C)CC2. The summed E-state index contributed by atoms with van der Waals surface area (Å²) < 4.78 is 0. The summed E-state index contributed by atoms with van der Waals surface area (Å²) in [4.78, 5) is 2.38. The summed E-state index contributed by atoms with van der Waals surface area (Å²) >= 11 is 6.11. The van der Waals surface area contributed by atoms with Gasteiger partial charge in [-0.2, -0.15) is 0 Å². The molecule has 0 aromatic heterocycles. The monoisotopic (exact) mass is 345 g/mol. The minimum absolute atomic E-state index is 0.822. The molecule has 0 spiro atoms. The number of benzene rings is 2. The lowest BCUT2D eigenvalue weighted by Crippen LogP contribution is -2.26. The van der Waals surface area contributed by atoms with Crippen LogP contribution < -0.4 is 0 Å². The van der Waals surface area contributed by atoms with Crippen LogP contribution in [-0.2, 0) is 19.4 Å². The zero-order valence-electron chi connectivity index (χ0n) is 16.1. The van der Waals surface area contributed by atoms with Crippen LogP contribution in [0.25, 0.3) is 11.1 Å². The van der Waals surface area contributed by atoms with Crippen molar-refractivity contribution in [2.24, 2.45) is 0 Å². The Kier molecular flexibility index (Phi) is 9.10. The van der Waals surface area contributed by atoms with Gasteiger partial charge in [0.2, 0.25) is 0 Å². The van der Waals surface area contributed by atoms with E-state index in [0.717, 1.165) is 31.0 Å². The molecule has 1 aliphatic rings. The second kappa shape index (κ2) is 10.5. The molecule has 132 valence electrons. The lowest BCUT2D eigenvalue weighted by atomic mass is 9.92. The molecule has 1 aliphatic heterocycles. The minimum Gasteiger partial charge on any atom is -0.302 e. The zero-order valence-corrected chi connectivity index (χ0v) is 16.9. The number of rotatable bonds is 2. The Morgan fingerprint density at radius 2 is 1.67 bits per heavy atom. The largest absolute Gasteiger partial charge is 0.302 e. The third-order valence-corrected chi connectivity index (χ3v) is 4.40. The average molecular weight is 346 g/mol. The molecule has 0 N–H and O–H groups in total. The molecule has 0 aliphatic carbocycles. The number of halogens is 1. The summed E-state index contributed by atoms with van der Waals surface area (Å²) in [7, 11) is 2.19. The van der Waals surface area contributed by atoms with Gasteiger partial charge in [-0.15, -0.1) is 0 Å². The van der Waals surface area contributed by atoms with Crippen molar-refractivity contribution in [2.45, 2.75) is 54.0 Å². The Labute approximate surface area is 153 Å². The standard InChI is InChI=1S/C18H20ClN.2C2H6/c1-3-13-11-17(19)6-7-18(13)15-5-4-14-8-9-20(2)12-16(14)10-15;2*1-2/h4-7,10-11H,3,8-9,12H2,1-2H3;2*1-2H3. The van der Waals surface area contributed by atoms with E-state index < -0.39 is 0 Å². The van der Waals surface area contributed by atoms with Gasteiger partial charge in [0.25, 0.3) is 0 Å². The van der Waals surface area contributed by atoms with Crippen molar-refractivity contribution in [2.75, 3.05) is 13.6 Å². The number of hydrogen-bond acceptors (Lipinski definition) is 1. The van der Waals surface area contributed by atoms with E-state index in [9.17, 15) is 0 Å². The van der Waals surface area contributed by atoms with E-state index in [2.05, 4.69) is 49.2 Å². The number of nitrogens with zero attached hydrogens (tertiary/aromatic N) is 1. The van der Waals surface area contributed by atoms with Crippen LogP contribution in [0.5, 0.6) is 0 Å². The first-order chi connectivity index (χ1) is 11.7. The van der Waals surface area contributed by atoms with Gasteiger partial charge in [-0.3, -0.25) is 0 Å². The van der Waals surface area contributed by atoms with Gasteiger partial charge in [-0.25, -0.2) is 0 Å². The summed E-state index contributed by atoms with van der Waals surface area (Å²) in [5.74, 6) is 0. The zero-order chi connectivity index (χ0) is 18.1. The highest BCUT2D eigenvalue weighted by molar-refractivity contribution is 6.30. The van der Waals surface area contributed by atoms with E-state index in [-0.39, 0.29) is 0 Å². The molecule has 0 saturated heterocycles. The van der Waals surface area contributed by atoms with Crippen molar-refractivity contribution in [1.82, 2.24) is 4.90 Å². The minimum atomic E-state index is 0.822.